The van der Waals surface area contributed by atoms with E-state index in [4.69, 9.17) is 4.18 Å². The van der Waals surface area contributed by atoms with E-state index in [1.54, 1.807) is 26.0 Å². The van der Waals surface area contributed by atoms with Crippen molar-refractivity contribution in [2.45, 2.75) is 87.2 Å². The molecule has 0 aromatic rings. The quantitative estimate of drug-likeness (QED) is 0.0732. The predicted molar refractivity (Wildman–Crippen MR) is 194 cm³/mol. The molecule has 3 atom stereocenters. The molecule has 0 aromatic heterocycles. The van der Waals surface area contributed by atoms with Crippen LogP contribution in [-0.2, 0) is 24.2 Å². The molecule has 2 N–H and O–H groups in total. The molecule has 50 heavy (non-hydrogen) atoms. The zero-order chi connectivity index (χ0) is 37.0. The van der Waals surface area contributed by atoms with Gasteiger partial charge in [0.05, 0.1) is 12.7 Å². The van der Waals surface area contributed by atoms with Crippen molar-refractivity contribution in [1.82, 2.24) is 0 Å². The van der Waals surface area contributed by atoms with Crippen LogP contribution in [0.25, 0.3) is 0 Å². The summed E-state index contributed by atoms with van der Waals surface area (Å²) < 4.78 is 37.8. The zero-order valence-electron chi connectivity index (χ0n) is 31.0. The molecular formula is C40H51NaO8S. The molecule has 266 valence electrons. The third-order valence-electron chi connectivity index (χ3n) is 9.21. The Kier molecular flexibility index (Phi) is 18.0. The summed E-state index contributed by atoms with van der Waals surface area (Å²) in [5, 5.41) is 19.7. The molecule has 8 nitrogen and oxygen atoms in total. The average molecular weight is 715 g/mol. The average Bonchev–Trinajstić information content (AvgIpc) is 3.23. The third kappa shape index (κ3) is 13.8. The molecule has 0 spiro atoms. The summed E-state index contributed by atoms with van der Waals surface area (Å²) in [5.41, 5.74) is 2.97. The first-order valence-electron chi connectivity index (χ1n) is 16.3. The van der Waals surface area contributed by atoms with Gasteiger partial charge in [0.25, 0.3) is 0 Å². The molecule has 0 aromatic carbocycles. The number of allylic oxidation sites excluding steroid dienone is 16. The number of aliphatic hydroxyl groups excluding tert-OH is 2. The van der Waals surface area contributed by atoms with Gasteiger partial charge in [-0.15, -0.1) is 0 Å². The van der Waals surface area contributed by atoms with Crippen molar-refractivity contribution < 1.29 is 66.5 Å². The van der Waals surface area contributed by atoms with Crippen LogP contribution in [0.2, 0.25) is 0 Å². The van der Waals surface area contributed by atoms with E-state index in [0.29, 0.717) is 18.4 Å². The van der Waals surface area contributed by atoms with Crippen molar-refractivity contribution in [3.05, 3.63) is 106 Å². The zero-order valence-corrected chi connectivity index (χ0v) is 33.8. The van der Waals surface area contributed by atoms with Crippen LogP contribution in [0.4, 0.5) is 0 Å². The van der Waals surface area contributed by atoms with Crippen LogP contribution < -0.4 is 29.6 Å². The predicted octanol–water partition coefficient (Wildman–Crippen LogP) is 3.90. The Bertz CT molecular complexity index is 1720. The molecule has 0 radical (unpaired) electrons. The fourth-order valence-corrected chi connectivity index (χ4v) is 6.58. The Morgan fingerprint density at radius 3 is 1.96 bits per heavy atom. The number of hydrogen-bond donors (Lipinski definition) is 2. The smallest absolute Gasteiger partial charge is 0.726 e. The fourth-order valence-electron chi connectivity index (χ4n) is 6.11. The summed E-state index contributed by atoms with van der Waals surface area (Å²) in [4.78, 5) is 25.0. The van der Waals surface area contributed by atoms with Gasteiger partial charge in [0.1, 0.15) is 5.78 Å². The van der Waals surface area contributed by atoms with Gasteiger partial charge in [0.15, 0.2) is 5.78 Å². The maximum Gasteiger partial charge on any atom is 1.00 e. The van der Waals surface area contributed by atoms with Crippen molar-refractivity contribution in [2.24, 2.45) is 16.2 Å². The Balaban J connectivity index is 0.0000125. The van der Waals surface area contributed by atoms with Gasteiger partial charge in [-0.05, 0) is 52.7 Å². The minimum Gasteiger partial charge on any atom is -0.726 e. The second kappa shape index (κ2) is 19.8. The normalized spacial score (nSPS) is 25.6. The number of hydrogen-bond acceptors (Lipinski definition) is 8. The van der Waals surface area contributed by atoms with Crippen LogP contribution in [0, 0.1) is 28.1 Å². The molecule has 0 bridgehead atoms. The van der Waals surface area contributed by atoms with Crippen LogP contribution in [0.1, 0.15) is 81.1 Å². The summed E-state index contributed by atoms with van der Waals surface area (Å²) in [5.74, 6) is 6.02. The van der Waals surface area contributed by atoms with Crippen LogP contribution >= 0.6 is 0 Å². The molecular weight excluding hydrogens is 663 g/mol. The molecule has 10 heteroatoms. The topological polar surface area (TPSA) is 141 Å². The number of rotatable bonds is 13. The molecule has 1 fully saturated rings. The maximum absolute atomic E-state index is 13.0. The van der Waals surface area contributed by atoms with Crippen molar-refractivity contribution in [1.29, 1.82) is 0 Å². The van der Waals surface area contributed by atoms with Crippen molar-refractivity contribution >= 4 is 22.0 Å². The summed E-state index contributed by atoms with van der Waals surface area (Å²) >= 11 is 0. The van der Waals surface area contributed by atoms with E-state index in [0.717, 1.165) is 27.9 Å². The summed E-state index contributed by atoms with van der Waals surface area (Å²) in [6, 6.07) is 0. The Labute approximate surface area is 321 Å². The van der Waals surface area contributed by atoms with Crippen LogP contribution in [0.3, 0.4) is 0 Å². The van der Waals surface area contributed by atoms with Gasteiger partial charge in [-0.1, -0.05) is 123 Å². The monoisotopic (exact) mass is 714 g/mol. The van der Waals surface area contributed by atoms with Gasteiger partial charge >= 0.3 is 29.6 Å². The van der Waals surface area contributed by atoms with Gasteiger partial charge in [-0.3, -0.25) is 13.8 Å². The van der Waals surface area contributed by atoms with Gasteiger partial charge in [-0.2, -0.15) is 0 Å². The molecule has 0 amide bonds. The number of aliphatic hydroxyl groups is 2. The van der Waals surface area contributed by atoms with E-state index < -0.39 is 32.7 Å². The molecule has 3 unspecified atom stereocenters. The Morgan fingerprint density at radius 1 is 0.900 bits per heavy atom. The van der Waals surface area contributed by atoms with Gasteiger partial charge in [0, 0.05) is 46.8 Å². The van der Waals surface area contributed by atoms with E-state index in [-0.39, 0.29) is 67.2 Å². The van der Waals surface area contributed by atoms with Crippen LogP contribution in [-0.4, -0.2) is 54.1 Å². The van der Waals surface area contributed by atoms with Crippen molar-refractivity contribution in [2.75, 3.05) is 13.2 Å². The minimum absolute atomic E-state index is 0. The van der Waals surface area contributed by atoms with Crippen LogP contribution in [0.5, 0.6) is 0 Å². The summed E-state index contributed by atoms with van der Waals surface area (Å²) in [7, 11) is -4.79. The Hall–Kier alpha value is -2.65. The molecule has 2 aliphatic rings. The Morgan fingerprint density at radius 2 is 1.44 bits per heavy atom. The second-order valence-electron chi connectivity index (χ2n) is 14.1. The molecule has 0 saturated heterocycles. The molecule has 0 heterocycles. The van der Waals surface area contributed by atoms with E-state index in [1.165, 1.54) is 6.08 Å². The van der Waals surface area contributed by atoms with Gasteiger partial charge < -0.3 is 14.8 Å². The largest absolute Gasteiger partial charge is 1.00 e. The molecule has 2 rings (SSSR count). The number of carbonyl (C=O) groups excluding carboxylic acids is 2. The van der Waals surface area contributed by atoms with E-state index in [9.17, 15) is 32.8 Å². The first-order chi connectivity index (χ1) is 22.7. The number of carbonyl (C=O) groups is 2. The van der Waals surface area contributed by atoms with E-state index in [2.05, 4.69) is 11.8 Å². The molecule has 0 aliphatic heterocycles. The van der Waals surface area contributed by atoms with E-state index >= 15 is 0 Å². The number of Topliss-reactive ketones (excluding diaryl/α,β-unsaturated/α-hetero) is 1. The molecule has 1 saturated carbocycles. The summed E-state index contributed by atoms with van der Waals surface area (Å²) in [6.45, 7) is 14.6. The third-order valence-corrected chi connectivity index (χ3v) is 9.72. The standard InChI is InChI=1S/C40H52O8S.Na/c1-29(15-11-16-31(3)19-22-37(44)40(8)25-34(43)24-39(40,7)28-42)13-9-10-14-30(2)17-12-18-33(27-41)20-21-36-32(4)23-35(26-38(36,5)6)48-49(45,46)47;/h9-19,22,35,41-42H,23-28H2,1-8H3,(H,45,46,47);/q;+1/p-1/b10-9+,15-11+,17-12+,22-19+,29-13+,30-14+,31-16+,33-18-;. The minimum atomic E-state index is -4.79. The van der Waals surface area contributed by atoms with Crippen molar-refractivity contribution in [3.8, 4) is 11.8 Å². The fraction of sp³-hybridized carbons (Fsp3) is 0.450. The SMILES string of the molecule is CC1=C(C#C/C(=C/C=C/C(C)=C/C=C/C=C(C)/C=C/C=C(C)/C=C/C(=O)C2(C)CC(=O)CC2(C)CO)CO)C(C)(C)CC(OS(=O)(=O)[O-])C1.[Na+]. The van der Waals surface area contributed by atoms with Crippen molar-refractivity contribution in [3.63, 3.8) is 0 Å². The first kappa shape index (κ1) is 45.4. The van der Waals surface area contributed by atoms with Crippen LogP contribution in [0.15, 0.2) is 106 Å². The van der Waals surface area contributed by atoms with E-state index in [1.807, 2.05) is 96.2 Å². The van der Waals surface area contributed by atoms with Gasteiger partial charge in [-0.25, -0.2) is 8.42 Å². The second-order valence-corrected chi connectivity index (χ2v) is 15.2. The summed E-state index contributed by atoms with van der Waals surface area (Å²) in [6.07, 6.45) is 22.5. The first-order valence-corrected chi connectivity index (χ1v) is 17.6. The maximum atomic E-state index is 13.0. The molecule has 2 aliphatic carbocycles. The number of ketones is 2. The van der Waals surface area contributed by atoms with Gasteiger partial charge in [0.2, 0.25) is 10.4 Å².